The number of carboxylic acid groups (broad SMARTS) is 1. The van der Waals surface area contributed by atoms with Crippen molar-refractivity contribution >= 4 is 29.3 Å². The van der Waals surface area contributed by atoms with Gasteiger partial charge in [0.15, 0.2) is 5.78 Å². The third-order valence-electron chi connectivity index (χ3n) is 18.6. The number of nitrogens with one attached hydrogen (secondary N) is 1. The van der Waals surface area contributed by atoms with Crippen LogP contribution in [0.3, 0.4) is 0 Å². The Labute approximate surface area is 365 Å². The van der Waals surface area contributed by atoms with Crippen molar-refractivity contribution < 1.29 is 34.1 Å². The van der Waals surface area contributed by atoms with Crippen molar-refractivity contribution in [1.82, 2.24) is 10.2 Å². The lowest BCUT2D eigenvalue weighted by molar-refractivity contribution is -0.238. The normalized spacial score (nSPS) is 38.4. The molecule has 0 aliphatic heterocycles. The summed E-state index contributed by atoms with van der Waals surface area (Å²) in [7, 11) is 4.04. The van der Waals surface area contributed by atoms with Crippen molar-refractivity contribution in [1.29, 1.82) is 0 Å². The van der Waals surface area contributed by atoms with Crippen molar-refractivity contribution in [2.45, 2.75) is 145 Å². The zero-order valence-electron chi connectivity index (χ0n) is 38.5. The van der Waals surface area contributed by atoms with Crippen molar-refractivity contribution in [3.63, 3.8) is 0 Å². The van der Waals surface area contributed by atoms with Crippen LogP contribution in [0.15, 0.2) is 29.3 Å². The molecule has 334 valence electrons. The lowest BCUT2D eigenvalue weighted by Gasteiger charge is -2.72. The van der Waals surface area contributed by atoms with E-state index < -0.39 is 28.8 Å². The highest BCUT2D eigenvalue weighted by Gasteiger charge is 2.71. The van der Waals surface area contributed by atoms with Gasteiger partial charge in [0.2, 0.25) is 0 Å². The summed E-state index contributed by atoms with van der Waals surface area (Å²) >= 11 is 6.37. The molecule has 0 unspecified atom stereocenters. The Bertz CT molecular complexity index is 1890. The molecule has 11 atom stereocenters. The van der Waals surface area contributed by atoms with Crippen LogP contribution in [-0.4, -0.2) is 78.8 Å². The number of hydrogen-bond acceptors (Lipinski definition) is 8. The maximum atomic E-state index is 14.2. The number of esters is 1. The topological polar surface area (TPSA) is 125 Å². The molecule has 5 saturated carbocycles. The Balaban J connectivity index is 1.10. The molecule has 0 heterocycles. The SMILES string of the molecule is CC(C)C1=C2[C@H]3CC[C@@H]4[C@@]5(C)CC[C@H](OC(=O)[C@H]6C[C@@H](C(=O)O)C6(C)C)C(C)(C)[C@@H]5CC[C@@]4(C)[C@]3(C)CC[C@@]2([C@@H](O)CNCc2ccc(Cl)cc2OCCN(C)C)CC1=O. The number of fused-ring (bicyclic) bond motifs is 7. The highest BCUT2D eigenvalue weighted by Crippen LogP contribution is 2.77. The van der Waals surface area contributed by atoms with Crippen LogP contribution >= 0.6 is 11.6 Å². The fraction of sp³-hybridized carbons (Fsp3) is 0.780. The molecule has 0 aromatic heterocycles. The number of likely N-dealkylation sites (N-methyl/N-ethyl adjacent to an activating group) is 1. The molecule has 9 nitrogen and oxygen atoms in total. The Kier molecular flexibility index (Phi) is 12.1. The van der Waals surface area contributed by atoms with E-state index in [0.717, 1.165) is 74.8 Å². The van der Waals surface area contributed by atoms with E-state index in [4.69, 9.17) is 21.1 Å². The summed E-state index contributed by atoms with van der Waals surface area (Å²) in [5.41, 5.74) is 1.89. The maximum absolute atomic E-state index is 14.2. The van der Waals surface area contributed by atoms with E-state index in [9.17, 15) is 24.6 Å². The minimum Gasteiger partial charge on any atom is -0.492 e. The number of aliphatic hydroxyl groups is 1. The molecule has 10 heteroatoms. The van der Waals surface area contributed by atoms with Crippen LogP contribution in [0, 0.1) is 68.0 Å². The van der Waals surface area contributed by atoms with E-state index in [1.807, 2.05) is 46.1 Å². The second-order valence-corrected chi connectivity index (χ2v) is 23.1. The standard InChI is InChI=1S/C50H75ClN2O7/c1-29(2)41-35(54)26-50(39(55)28-52-27-30-12-13-31(51)24-36(30)59-23-22-53(10)11)21-20-48(8)32(42(41)50)14-15-38-47(7)18-17-40(46(5,6)37(47)16-19-49(38,48)9)60-44(58)34-25-33(43(56)57)45(34,3)4/h12-13,24,29,32-34,37-40,52,55H,14-23,25-28H2,1-11H3,(H,56,57)/t32-,33+,34-,37+,38-,39+,40+,47+,48-,49-,50+/m1/s1. The molecule has 7 rings (SSSR count). The van der Waals surface area contributed by atoms with Gasteiger partial charge in [-0.05, 0) is 135 Å². The van der Waals surface area contributed by atoms with Gasteiger partial charge >= 0.3 is 11.9 Å². The minimum atomic E-state index is -0.833. The predicted octanol–water partition coefficient (Wildman–Crippen LogP) is 9.37. The fourth-order valence-corrected chi connectivity index (χ4v) is 15.1. The molecule has 6 aliphatic rings. The highest BCUT2D eigenvalue weighted by molar-refractivity contribution is 6.30. The number of aliphatic carboxylic acids is 1. The zero-order valence-corrected chi connectivity index (χ0v) is 39.3. The van der Waals surface area contributed by atoms with Crippen LogP contribution in [0.2, 0.25) is 5.02 Å². The summed E-state index contributed by atoms with van der Waals surface area (Å²) < 4.78 is 12.6. The molecule has 1 aromatic rings. The Morgan fingerprint density at radius 3 is 2.28 bits per heavy atom. The number of Topliss-reactive ketones (excluding diaryl/α,β-unsaturated/α-hetero) is 1. The number of carbonyl (C=O) groups is 3. The number of rotatable bonds is 13. The molecule has 0 spiro atoms. The number of halogens is 1. The lowest BCUT2D eigenvalue weighted by atomic mass is 9.33. The molecule has 1 aromatic carbocycles. The first-order valence-corrected chi connectivity index (χ1v) is 23.5. The molecule has 3 N–H and O–H groups in total. The van der Waals surface area contributed by atoms with Gasteiger partial charge in [0.1, 0.15) is 18.5 Å². The molecule has 0 saturated heterocycles. The van der Waals surface area contributed by atoms with E-state index in [0.29, 0.717) is 49.4 Å². The number of ketones is 1. The lowest BCUT2D eigenvalue weighted by Crippen LogP contribution is -2.66. The third-order valence-corrected chi connectivity index (χ3v) is 18.9. The Hall–Kier alpha value is -2.46. The summed E-state index contributed by atoms with van der Waals surface area (Å²) in [6, 6.07) is 5.72. The van der Waals surface area contributed by atoms with Crippen LogP contribution in [0.5, 0.6) is 5.75 Å². The molecule has 60 heavy (non-hydrogen) atoms. The number of allylic oxidation sites excluding steroid dienone is 1. The van der Waals surface area contributed by atoms with Crippen molar-refractivity contribution in [3.05, 3.63) is 39.9 Å². The van der Waals surface area contributed by atoms with Gasteiger partial charge in [-0.1, -0.05) is 85.6 Å². The summed E-state index contributed by atoms with van der Waals surface area (Å²) in [5, 5.41) is 26.3. The van der Waals surface area contributed by atoms with Crippen LogP contribution in [0.25, 0.3) is 0 Å². The van der Waals surface area contributed by atoms with Crippen molar-refractivity contribution in [2.24, 2.45) is 68.0 Å². The average Bonchev–Trinajstić information content (AvgIpc) is 3.46. The maximum Gasteiger partial charge on any atom is 0.309 e. The number of nitrogens with zero attached hydrogens (tertiary/aromatic N) is 1. The van der Waals surface area contributed by atoms with Crippen LogP contribution in [-0.2, 0) is 25.7 Å². The molecular weight excluding hydrogens is 776 g/mol. The van der Waals surface area contributed by atoms with Crippen LogP contribution in [0.4, 0.5) is 0 Å². The van der Waals surface area contributed by atoms with E-state index in [1.165, 1.54) is 5.57 Å². The summed E-state index contributed by atoms with van der Waals surface area (Å²) in [4.78, 5) is 41.8. The summed E-state index contributed by atoms with van der Waals surface area (Å²) in [6.45, 7) is 22.6. The first kappa shape index (κ1) is 45.6. The number of hydrogen-bond donors (Lipinski definition) is 3. The highest BCUT2D eigenvalue weighted by atomic mass is 35.5. The second-order valence-electron chi connectivity index (χ2n) is 22.7. The quantitative estimate of drug-likeness (QED) is 0.167. The number of aliphatic hydroxyl groups excluding tert-OH is 1. The molecular formula is C50H75ClN2O7. The van der Waals surface area contributed by atoms with Crippen LogP contribution < -0.4 is 10.1 Å². The first-order chi connectivity index (χ1) is 28.0. The smallest absolute Gasteiger partial charge is 0.309 e. The summed E-state index contributed by atoms with van der Waals surface area (Å²) in [6.07, 6.45) is 7.64. The molecule has 5 fully saturated rings. The first-order valence-electron chi connectivity index (χ1n) is 23.1. The van der Waals surface area contributed by atoms with Gasteiger partial charge in [0.25, 0.3) is 0 Å². The van der Waals surface area contributed by atoms with Crippen molar-refractivity contribution in [2.75, 3.05) is 33.8 Å². The summed E-state index contributed by atoms with van der Waals surface area (Å²) in [5.74, 6) is 0.182. The van der Waals surface area contributed by atoms with E-state index >= 15 is 0 Å². The van der Waals surface area contributed by atoms with E-state index in [2.05, 4.69) is 58.7 Å². The Morgan fingerprint density at radius 2 is 1.63 bits per heavy atom. The van der Waals surface area contributed by atoms with E-state index in [-0.39, 0.29) is 57.3 Å². The van der Waals surface area contributed by atoms with Crippen LogP contribution in [0.1, 0.15) is 132 Å². The number of benzene rings is 1. The van der Waals surface area contributed by atoms with Gasteiger partial charge in [-0.25, -0.2) is 0 Å². The van der Waals surface area contributed by atoms with Crippen molar-refractivity contribution in [3.8, 4) is 5.75 Å². The Morgan fingerprint density at radius 1 is 0.917 bits per heavy atom. The van der Waals surface area contributed by atoms with Gasteiger partial charge in [0, 0.05) is 47.5 Å². The van der Waals surface area contributed by atoms with Gasteiger partial charge < -0.3 is 29.9 Å². The second kappa shape index (κ2) is 16.0. The zero-order chi connectivity index (χ0) is 44.0. The van der Waals surface area contributed by atoms with E-state index in [1.54, 1.807) is 0 Å². The van der Waals surface area contributed by atoms with Gasteiger partial charge in [-0.2, -0.15) is 0 Å². The molecule has 0 bridgehead atoms. The average molecular weight is 852 g/mol. The van der Waals surface area contributed by atoms with Gasteiger partial charge in [-0.15, -0.1) is 0 Å². The largest absolute Gasteiger partial charge is 0.492 e. The fourth-order valence-electron chi connectivity index (χ4n) is 14.9. The molecule has 0 radical (unpaired) electrons. The van der Waals surface area contributed by atoms with Gasteiger partial charge in [0.05, 0.1) is 17.9 Å². The molecule has 6 aliphatic carbocycles. The minimum absolute atomic E-state index is 0.0350. The number of carbonyl (C=O) groups excluding carboxylic acids is 2. The number of carboxylic acids is 1. The van der Waals surface area contributed by atoms with Gasteiger partial charge in [-0.3, -0.25) is 14.4 Å². The third kappa shape index (κ3) is 7.10. The predicted molar refractivity (Wildman–Crippen MR) is 236 cm³/mol. The molecule has 0 amide bonds. The monoisotopic (exact) mass is 851 g/mol. The number of ether oxygens (including phenoxy) is 2.